The summed E-state index contributed by atoms with van der Waals surface area (Å²) in [4.78, 5) is 21.9. The van der Waals surface area contributed by atoms with E-state index in [0.717, 1.165) is 73.8 Å². The summed E-state index contributed by atoms with van der Waals surface area (Å²) in [5.74, 6) is 0.219. The van der Waals surface area contributed by atoms with Crippen LogP contribution in [0.2, 0.25) is 0 Å². The number of nitrogens with zero attached hydrogens (tertiary/aromatic N) is 3. The van der Waals surface area contributed by atoms with Crippen LogP contribution in [-0.2, 0) is 0 Å². The second-order valence-corrected chi connectivity index (χ2v) is 8.94. The van der Waals surface area contributed by atoms with Crippen molar-refractivity contribution in [3.63, 3.8) is 0 Å². The number of pyridine rings is 1. The fourth-order valence-electron chi connectivity index (χ4n) is 4.11. The Bertz CT molecular complexity index is 1070. The van der Waals surface area contributed by atoms with Crippen LogP contribution in [0.15, 0.2) is 72.9 Å². The molecule has 1 fully saturated rings. The fourth-order valence-corrected chi connectivity index (χ4v) is 4.11. The van der Waals surface area contributed by atoms with Crippen LogP contribution in [0, 0.1) is 0 Å². The number of hydrogen-bond donors (Lipinski definition) is 1. The third kappa shape index (κ3) is 7.37. The predicted octanol–water partition coefficient (Wildman–Crippen LogP) is 5.60. The summed E-state index contributed by atoms with van der Waals surface area (Å²) in [6.07, 6.45) is 8.47. The number of ketones is 1. The molecule has 2 aromatic carbocycles. The van der Waals surface area contributed by atoms with Gasteiger partial charge in [-0.25, -0.2) is 0 Å². The Morgan fingerprint density at radius 3 is 2.50 bits per heavy atom. The summed E-state index contributed by atoms with van der Waals surface area (Å²) < 4.78 is 0. The number of piperazine rings is 1. The predicted molar refractivity (Wildman–Crippen MR) is 141 cm³/mol. The summed E-state index contributed by atoms with van der Waals surface area (Å²) in [5.41, 5.74) is 4.74. The Morgan fingerprint density at radius 2 is 1.74 bits per heavy atom. The van der Waals surface area contributed by atoms with Crippen molar-refractivity contribution in [3.8, 4) is 0 Å². The molecule has 1 N–H and O–H groups in total. The van der Waals surface area contributed by atoms with E-state index in [1.807, 2.05) is 60.7 Å². The van der Waals surface area contributed by atoms with Gasteiger partial charge in [-0.05, 0) is 74.5 Å². The largest absolute Gasteiger partial charge is 0.356 e. The number of nitrogens with one attached hydrogen (secondary N) is 1. The van der Waals surface area contributed by atoms with Gasteiger partial charge in [-0.3, -0.25) is 9.78 Å². The van der Waals surface area contributed by atoms with Crippen molar-refractivity contribution >= 4 is 29.3 Å². The number of Topliss-reactive ketones (excluding diaryl/α,β-unsaturated/α-hetero) is 1. The summed E-state index contributed by atoms with van der Waals surface area (Å²) in [6, 6.07) is 21.9. The number of likely N-dealkylation sites (N-methyl/N-ethyl adjacent to an activating group) is 1. The van der Waals surface area contributed by atoms with Gasteiger partial charge in [-0.2, -0.15) is 0 Å². The number of benzene rings is 2. The van der Waals surface area contributed by atoms with Gasteiger partial charge in [-0.15, -0.1) is 0 Å². The number of carbonyl (C=O) groups is 1. The molecule has 0 unspecified atom stereocenters. The average molecular weight is 455 g/mol. The zero-order valence-corrected chi connectivity index (χ0v) is 20.0. The first-order valence-electron chi connectivity index (χ1n) is 12.2. The second kappa shape index (κ2) is 12.3. The van der Waals surface area contributed by atoms with Crippen LogP contribution < -0.4 is 5.32 Å². The molecule has 0 radical (unpaired) electrons. The summed E-state index contributed by atoms with van der Waals surface area (Å²) in [7, 11) is 2.18. The highest BCUT2D eigenvalue weighted by molar-refractivity contribution is 5.97. The quantitative estimate of drug-likeness (QED) is 0.319. The number of anilines is 2. The molecular formula is C29H34N4O. The molecular weight excluding hydrogens is 420 g/mol. The lowest BCUT2D eigenvalue weighted by Crippen LogP contribution is -2.44. The summed E-state index contributed by atoms with van der Waals surface area (Å²) in [6.45, 7) is 5.65. The first-order valence-corrected chi connectivity index (χ1v) is 12.2. The van der Waals surface area contributed by atoms with Crippen LogP contribution in [-0.4, -0.2) is 60.3 Å². The Hall–Kier alpha value is -3.28. The third-order valence-corrected chi connectivity index (χ3v) is 6.24. The number of carbonyl (C=O) groups excluding carboxylic acids is 1. The van der Waals surface area contributed by atoms with E-state index in [4.69, 9.17) is 0 Å². The first-order chi connectivity index (χ1) is 16.7. The van der Waals surface area contributed by atoms with Crippen molar-refractivity contribution in [2.75, 3.05) is 45.1 Å². The van der Waals surface area contributed by atoms with Crippen molar-refractivity contribution in [2.45, 2.75) is 19.3 Å². The van der Waals surface area contributed by atoms with Crippen molar-refractivity contribution in [1.29, 1.82) is 0 Å². The van der Waals surface area contributed by atoms with Crippen LogP contribution in [0.3, 0.4) is 0 Å². The Kier molecular flexibility index (Phi) is 8.60. The Balaban J connectivity index is 1.25. The SMILES string of the molecule is CN1CCN(CCCCC(=O)c2cccc(Nc3ccc(/C=C/c4ccccn4)cc3)c2)CC1. The molecule has 1 aliphatic rings. The average Bonchev–Trinajstić information content (AvgIpc) is 2.88. The van der Waals surface area contributed by atoms with Gasteiger partial charge < -0.3 is 15.1 Å². The van der Waals surface area contributed by atoms with E-state index in [1.165, 1.54) is 0 Å². The maximum absolute atomic E-state index is 12.7. The zero-order chi connectivity index (χ0) is 23.6. The Morgan fingerprint density at radius 1 is 0.912 bits per heavy atom. The summed E-state index contributed by atoms with van der Waals surface area (Å²) >= 11 is 0. The van der Waals surface area contributed by atoms with Gasteiger partial charge in [-0.1, -0.05) is 36.4 Å². The fraction of sp³-hybridized carbons (Fsp3) is 0.310. The molecule has 0 amide bonds. The highest BCUT2D eigenvalue weighted by Gasteiger charge is 2.13. The normalized spacial score (nSPS) is 15.0. The van der Waals surface area contributed by atoms with E-state index in [1.54, 1.807) is 6.20 Å². The second-order valence-electron chi connectivity index (χ2n) is 8.94. The molecule has 1 aliphatic heterocycles. The molecule has 4 rings (SSSR count). The Labute approximate surface area is 203 Å². The number of hydrogen-bond acceptors (Lipinski definition) is 5. The van der Waals surface area contributed by atoms with Gasteiger partial charge >= 0.3 is 0 Å². The maximum Gasteiger partial charge on any atom is 0.162 e. The molecule has 1 saturated heterocycles. The van der Waals surface area contributed by atoms with Crippen LogP contribution >= 0.6 is 0 Å². The topological polar surface area (TPSA) is 48.5 Å². The first kappa shape index (κ1) is 23.9. The minimum atomic E-state index is 0.219. The van der Waals surface area contributed by atoms with E-state index in [2.05, 4.69) is 45.4 Å². The van der Waals surface area contributed by atoms with Crippen LogP contribution in [0.1, 0.15) is 40.9 Å². The highest BCUT2D eigenvalue weighted by atomic mass is 16.1. The van der Waals surface area contributed by atoms with E-state index < -0.39 is 0 Å². The van der Waals surface area contributed by atoms with Crippen molar-refractivity contribution in [1.82, 2.24) is 14.8 Å². The minimum absolute atomic E-state index is 0.219. The zero-order valence-electron chi connectivity index (χ0n) is 20.0. The van der Waals surface area contributed by atoms with Gasteiger partial charge in [0, 0.05) is 55.7 Å². The summed E-state index contributed by atoms with van der Waals surface area (Å²) in [5, 5.41) is 3.41. The van der Waals surface area contributed by atoms with E-state index in [9.17, 15) is 4.79 Å². The molecule has 0 saturated carbocycles. The number of aromatic nitrogens is 1. The molecule has 0 bridgehead atoms. The van der Waals surface area contributed by atoms with Crippen LogP contribution in [0.4, 0.5) is 11.4 Å². The molecule has 0 spiro atoms. The molecule has 5 nitrogen and oxygen atoms in total. The standard InChI is InChI=1S/C29H34N4O/c1-32-19-21-33(22-20-32)18-5-3-10-29(34)25-7-6-9-28(23-25)31-27-15-12-24(13-16-27)11-14-26-8-2-4-17-30-26/h2,4,6-9,11-17,23,31H,3,5,10,18-22H2,1H3/b14-11+. The van der Waals surface area contributed by atoms with Crippen molar-refractivity contribution in [3.05, 3.63) is 89.7 Å². The monoisotopic (exact) mass is 454 g/mol. The van der Waals surface area contributed by atoms with E-state index >= 15 is 0 Å². The molecule has 2 heterocycles. The molecule has 176 valence electrons. The van der Waals surface area contributed by atoms with Crippen molar-refractivity contribution in [2.24, 2.45) is 0 Å². The molecule has 5 heteroatoms. The number of unbranched alkanes of at least 4 members (excludes halogenated alkanes) is 1. The molecule has 3 aromatic rings. The van der Waals surface area contributed by atoms with Crippen LogP contribution in [0.5, 0.6) is 0 Å². The molecule has 34 heavy (non-hydrogen) atoms. The van der Waals surface area contributed by atoms with Gasteiger partial charge in [0.2, 0.25) is 0 Å². The molecule has 0 aliphatic carbocycles. The van der Waals surface area contributed by atoms with Crippen molar-refractivity contribution < 1.29 is 4.79 Å². The maximum atomic E-state index is 12.7. The third-order valence-electron chi connectivity index (χ3n) is 6.24. The minimum Gasteiger partial charge on any atom is -0.356 e. The highest BCUT2D eigenvalue weighted by Crippen LogP contribution is 2.20. The van der Waals surface area contributed by atoms with E-state index in [-0.39, 0.29) is 5.78 Å². The lowest BCUT2D eigenvalue weighted by molar-refractivity contribution is 0.0975. The van der Waals surface area contributed by atoms with Gasteiger partial charge in [0.25, 0.3) is 0 Å². The lowest BCUT2D eigenvalue weighted by Gasteiger charge is -2.32. The van der Waals surface area contributed by atoms with Gasteiger partial charge in [0.05, 0.1) is 5.69 Å². The van der Waals surface area contributed by atoms with E-state index in [0.29, 0.717) is 6.42 Å². The number of rotatable bonds is 10. The lowest BCUT2D eigenvalue weighted by atomic mass is 10.0. The molecule has 1 aromatic heterocycles. The van der Waals surface area contributed by atoms with Crippen LogP contribution in [0.25, 0.3) is 12.2 Å². The smallest absolute Gasteiger partial charge is 0.162 e. The van der Waals surface area contributed by atoms with Gasteiger partial charge in [0.1, 0.15) is 0 Å². The molecule has 0 atom stereocenters. The van der Waals surface area contributed by atoms with Gasteiger partial charge in [0.15, 0.2) is 5.78 Å².